The van der Waals surface area contributed by atoms with Gasteiger partial charge in [-0.05, 0) is 40.5 Å². The van der Waals surface area contributed by atoms with Gasteiger partial charge >= 0.3 is 5.97 Å². The molecule has 7 nitrogen and oxygen atoms in total. The Labute approximate surface area is 203 Å². The number of hydrogen-bond acceptors (Lipinski definition) is 6. The van der Waals surface area contributed by atoms with Gasteiger partial charge in [0.2, 0.25) is 11.8 Å². The Hall–Kier alpha value is -1.06. The molecule has 2 amide bonds. The van der Waals surface area contributed by atoms with Gasteiger partial charge in [0, 0.05) is 22.2 Å². The zero-order valence-electron chi connectivity index (χ0n) is 19.5. The third kappa shape index (κ3) is 3.82. The van der Waals surface area contributed by atoms with Gasteiger partial charge in [0.1, 0.15) is 6.04 Å². The molecule has 0 radical (unpaired) electrons. The molecule has 180 valence electrons. The van der Waals surface area contributed by atoms with E-state index < -0.39 is 34.2 Å². The number of rotatable bonds is 8. The monoisotopic (exact) mass is 530 g/mol. The second-order valence-electron chi connectivity index (χ2n) is 9.81. The quantitative estimate of drug-likeness (QED) is 0.295. The summed E-state index contributed by atoms with van der Waals surface area (Å²) in [5.41, 5.74) is -0.481. The lowest BCUT2D eigenvalue weighted by molar-refractivity contribution is -0.154. The largest absolute Gasteiger partial charge is 0.466 e. The Morgan fingerprint density at radius 3 is 2.59 bits per heavy atom. The van der Waals surface area contributed by atoms with E-state index >= 15 is 0 Å². The molecule has 1 N–H and O–H groups in total. The molecular formula is C23H35BrN2O5S. The molecule has 2 bridgehead atoms. The van der Waals surface area contributed by atoms with E-state index in [2.05, 4.69) is 22.5 Å². The first-order valence-electron chi connectivity index (χ1n) is 11.3. The van der Waals surface area contributed by atoms with Crippen molar-refractivity contribution in [3.8, 4) is 0 Å². The topological polar surface area (TPSA) is 87.2 Å². The highest BCUT2D eigenvalue weighted by Gasteiger charge is 2.76. The van der Waals surface area contributed by atoms with Gasteiger partial charge in [0.25, 0.3) is 0 Å². The van der Waals surface area contributed by atoms with Gasteiger partial charge in [-0.2, -0.15) is 0 Å². The Morgan fingerprint density at radius 1 is 1.44 bits per heavy atom. The lowest BCUT2D eigenvalue weighted by Crippen LogP contribution is -2.60. The van der Waals surface area contributed by atoms with Gasteiger partial charge in [0.15, 0.2) is 0 Å². The number of alkyl halides is 1. The number of ether oxygens (including phenoxy) is 1. The Morgan fingerprint density at radius 2 is 2.09 bits per heavy atom. The van der Waals surface area contributed by atoms with Crippen LogP contribution in [-0.4, -0.2) is 84.9 Å². The van der Waals surface area contributed by atoms with Crippen LogP contribution in [0.2, 0.25) is 0 Å². The van der Waals surface area contributed by atoms with Crippen LogP contribution in [0, 0.1) is 11.8 Å². The van der Waals surface area contributed by atoms with Crippen molar-refractivity contribution in [2.45, 2.75) is 79.9 Å². The van der Waals surface area contributed by atoms with Gasteiger partial charge in [-0.25, -0.2) is 0 Å². The first-order chi connectivity index (χ1) is 15.0. The molecule has 3 fully saturated rings. The second kappa shape index (κ2) is 9.29. The normalized spacial score (nSPS) is 34.4. The van der Waals surface area contributed by atoms with E-state index in [4.69, 9.17) is 4.74 Å². The third-order valence-electron chi connectivity index (χ3n) is 6.98. The second-order valence-corrected chi connectivity index (χ2v) is 12.5. The fourth-order valence-electron chi connectivity index (χ4n) is 5.63. The number of carbonyl (C=O) groups is 3. The third-order valence-corrected chi connectivity index (χ3v) is 10.2. The van der Waals surface area contributed by atoms with Crippen molar-refractivity contribution in [2.75, 3.05) is 19.8 Å². The number of halogens is 1. The average Bonchev–Trinajstić information content (AvgIpc) is 3.30. The summed E-state index contributed by atoms with van der Waals surface area (Å²) in [6, 6.07) is -1.25. The number of thioether (sulfide) groups is 1. The molecule has 0 aliphatic carbocycles. The first-order valence-corrected chi connectivity index (χ1v) is 13.1. The van der Waals surface area contributed by atoms with Crippen LogP contribution in [0.3, 0.4) is 0 Å². The maximum Gasteiger partial charge on any atom is 0.310 e. The number of amides is 2. The van der Waals surface area contributed by atoms with Crippen LogP contribution in [0.5, 0.6) is 0 Å². The van der Waals surface area contributed by atoms with Crippen LogP contribution in [0.15, 0.2) is 12.7 Å². The van der Waals surface area contributed by atoms with Crippen molar-refractivity contribution >= 4 is 45.5 Å². The number of nitrogens with zero attached hydrogens (tertiary/aromatic N) is 2. The average molecular weight is 532 g/mol. The number of aliphatic hydroxyl groups is 1. The maximum absolute atomic E-state index is 14.2. The Balaban J connectivity index is 2.15. The molecule has 3 rings (SSSR count). The first kappa shape index (κ1) is 25.6. The fraction of sp³-hybridized carbons (Fsp3) is 0.783. The summed E-state index contributed by atoms with van der Waals surface area (Å²) in [6.07, 6.45) is 2.81. The van der Waals surface area contributed by atoms with Crippen LogP contribution >= 0.6 is 27.7 Å². The van der Waals surface area contributed by atoms with E-state index in [1.54, 1.807) is 34.6 Å². The predicted molar refractivity (Wildman–Crippen MR) is 129 cm³/mol. The number of carbonyl (C=O) groups excluding carboxylic acids is 3. The van der Waals surface area contributed by atoms with Gasteiger partial charge < -0.3 is 19.6 Å². The van der Waals surface area contributed by atoms with Crippen molar-refractivity contribution in [1.29, 1.82) is 0 Å². The summed E-state index contributed by atoms with van der Waals surface area (Å²) in [7, 11) is 0. The summed E-state index contributed by atoms with van der Waals surface area (Å²) in [5, 5.41) is 9.98. The van der Waals surface area contributed by atoms with E-state index in [0.717, 1.165) is 0 Å². The predicted octanol–water partition coefficient (Wildman–Crippen LogP) is 2.60. The number of esters is 1. The van der Waals surface area contributed by atoms with Crippen molar-refractivity contribution < 1.29 is 24.2 Å². The number of aliphatic hydroxyl groups excluding tert-OH is 1. The Bertz CT molecular complexity index is 783. The van der Waals surface area contributed by atoms with Gasteiger partial charge in [-0.1, -0.05) is 28.9 Å². The molecule has 3 saturated heterocycles. The molecule has 0 saturated carbocycles. The number of hydrogen-bond donors (Lipinski definition) is 1. The van der Waals surface area contributed by atoms with E-state index in [9.17, 15) is 19.5 Å². The van der Waals surface area contributed by atoms with E-state index in [1.165, 1.54) is 0 Å². The summed E-state index contributed by atoms with van der Waals surface area (Å²) >= 11 is 5.32. The zero-order chi connectivity index (χ0) is 24.0. The lowest BCUT2D eigenvalue weighted by Gasteiger charge is -2.43. The minimum Gasteiger partial charge on any atom is -0.466 e. The molecule has 0 aromatic heterocycles. The lowest BCUT2D eigenvalue weighted by atomic mass is 9.71. The van der Waals surface area contributed by atoms with Crippen LogP contribution in [-0.2, 0) is 19.1 Å². The van der Waals surface area contributed by atoms with Crippen LogP contribution < -0.4 is 0 Å². The highest BCUT2D eigenvalue weighted by Crippen LogP contribution is 2.68. The summed E-state index contributed by atoms with van der Waals surface area (Å²) in [4.78, 5) is 44.4. The van der Waals surface area contributed by atoms with Crippen molar-refractivity contribution in [1.82, 2.24) is 9.80 Å². The highest BCUT2D eigenvalue weighted by molar-refractivity contribution is 9.09. The number of fused-ring (bicyclic) bond motifs is 1. The Kier molecular flexibility index (Phi) is 7.42. The zero-order valence-corrected chi connectivity index (χ0v) is 21.9. The van der Waals surface area contributed by atoms with Crippen molar-refractivity contribution in [3.05, 3.63) is 12.7 Å². The van der Waals surface area contributed by atoms with Gasteiger partial charge in [0.05, 0.1) is 35.8 Å². The van der Waals surface area contributed by atoms with Crippen LogP contribution in [0.1, 0.15) is 47.5 Å². The van der Waals surface area contributed by atoms with Gasteiger partial charge in [-0.3, -0.25) is 14.4 Å². The minimum atomic E-state index is -0.759. The molecule has 3 unspecified atom stereocenters. The maximum atomic E-state index is 14.2. The van der Waals surface area contributed by atoms with Crippen LogP contribution in [0.25, 0.3) is 0 Å². The van der Waals surface area contributed by atoms with Crippen LogP contribution in [0.4, 0.5) is 0 Å². The summed E-state index contributed by atoms with van der Waals surface area (Å²) in [5.74, 6) is -1.99. The molecular weight excluding hydrogens is 496 g/mol. The summed E-state index contributed by atoms with van der Waals surface area (Å²) < 4.78 is 4.62. The number of likely N-dealkylation sites (tertiary alicyclic amines) is 1. The molecule has 3 heterocycles. The van der Waals surface area contributed by atoms with Gasteiger partial charge in [-0.15, -0.1) is 18.3 Å². The van der Waals surface area contributed by atoms with E-state index in [-0.39, 0.29) is 41.1 Å². The fourth-order valence-corrected chi connectivity index (χ4v) is 9.21. The standard InChI is InChI=1S/C23H35BrN2O5S/c1-7-10-25(22(4,5)6)20(29)18-23-11-14(24)17(32-23)15(21(30)31-9-3)16(23)19(28)26(18)13(8-2)12-27/h7,13-18,27H,1,8-12H2,2-6H3/t13-,14?,15-,16-,17-,18?,23?/m0/s1. The molecule has 32 heavy (non-hydrogen) atoms. The molecule has 0 aromatic rings. The molecule has 1 spiro atoms. The van der Waals surface area contributed by atoms with Crippen molar-refractivity contribution in [3.63, 3.8) is 0 Å². The SMILES string of the molecule is C=CCN(C(=O)C1N([C@@H](CC)CO)C(=O)[C@@H]2[C@H](C(=O)OCC)[C@H]3SC12CC3Br)C(C)(C)C. The smallest absolute Gasteiger partial charge is 0.310 e. The molecule has 9 heteroatoms. The van der Waals surface area contributed by atoms with E-state index in [1.807, 2.05) is 27.7 Å². The highest BCUT2D eigenvalue weighted by atomic mass is 79.9. The molecule has 7 atom stereocenters. The molecule has 0 aromatic carbocycles. The molecule has 3 aliphatic rings. The molecule has 3 aliphatic heterocycles. The minimum absolute atomic E-state index is 0.00194. The van der Waals surface area contributed by atoms with E-state index in [0.29, 0.717) is 19.4 Å². The summed E-state index contributed by atoms with van der Waals surface area (Å²) in [6.45, 7) is 13.7. The van der Waals surface area contributed by atoms with Crippen molar-refractivity contribution in [2.24, 2.45) is 11.8 Å².